The molecular formula is C20H21NO3. The molecule has 0 radical (unpaired) electrons. The fraction of sp³-hybridized carbons (Fsp3) is 0.300. The normalized spacial score (nSPS) is 18.9. The van der Waals surface area contributed by atoms with Crippen molar-refractivity contribution in [3.05, 3.63) is 64.7 Å². The van der Waals surface area contributed by atoms with Crippen molar-refractivity contribution in [3.63, 3.8) is 0 Å². The van der Waals surface area contributed by atoms with Crippen LogP contribution in [0.4, 0.5) is 5.69 Å². The third kappa shape index (κ3) is 3.48. The van der Waals surface area contributed by atoms with E-state index in [1.54, 1.807) is 19.1 Å². The lowest BCUT2D eigenvalue weighted by atomic mass is 10.0. The Balaban J connectivity index is 1.64. The smallest absolute Gasteiger partial charge is 0.336 e. The van der Waals surface area contributed by atoms with E-state index in [9.17, 15) is 14.7 Å². The van der Waals surface area contributed by atoms with Crippen LogP contribution in [0.2, 0.25) is 0 Å². The van der Waals surface area contributed by atoms with Crippen molar-refractivity contribution in [1.29, 1.82) is 0 Å². The van der Waals surface area contributed by atoms with Gasteiger partial charge >= 0.3 is 5.97 Å². The van der Waals surface area contributed by atoms with Gasteiger partial charge in [0.15, 0.2) is 0 Å². The summed E-state index contributed by atoms with van der Waals surface area (Å²) in [7, 11) is 0. The van der Waals surface area contributed by atoms with Crippen LogP contribution >= 0.6 is 0 Å². The summed E-state index contributed by atoms with van der Waals surface area (Å²) in [5, 5.41) is 12.1. The molecule has 1 fully saturated rings. The number of aromatic carboxylic acids is 1. The van der Waals surface area contributed by atoms with E-state index in [-0.39, 0.29) is 11.5 Å². The van der Waals surface area contributed by atoms with E-state index in [0.717, 1.165) is 12.0 Å². The molecule has 0 unspecified atom stereocenters. The Kier molecular flexibility index (Phi) is 4.38. The number of carboxylic acids is 1. The van der Waals surface area contributed by atoms with Gasteiger partial charge in [-0.05, 0) is 54.9 Å². The minimum atomic E-state index is -0.977. The van der Waals surface area contributed by atoms with E-state index < -0.39 is 5.97 Å². The van der Waals surface area contributed by atoms with E-state index in [0.29, 0.717) is 29.5 Å². The standard InChI is InChI=1S/C20H21NO3/c1-12-8-13(2)18(11-16(12)20(23)24)21-19(22)10-15-9-17(15)14-6-4-3-5-7-14/h3-8,11,15,17H,9-10H2,1-2H3,(H,21,22)(H,23,24)/t15-,17-/m0/s1. The van der Waals surface area contributed by atoms with Gasteiger partial charge in [0.25, 0.3) is 0 Å². The highest BCUT2D eigenvalue weighted by Gasteiger charge is 2.39. The predicted molar refractivity (Wildman–Crippen MR) is 93.4 cm³/mol. The molecule has 0 spiro atoms. The molecule has 24 heavy (non-hydrogen) atoms. The van der Waals surface area contributed by atoms with Crippen LogP contribution in [0, 0.1) is 19.8 Å². The van der Waals surface area contributed by atoms with Crippen LogP contribution in [0.1, 0.15) is 45.8 Å². The summed E-state index contributed by atoms with van der Waals surface area (Å²) < 4.78 is 0. The number of aryl methyl sites for hydroxylation is 2. The highest BCUT2D eigenvalue weighted by atomic mass is 16.4. The number of benzene rings is 2. The number of carbonyl (C=O) groups excluding carboxylic acids is 1. The summed E-state index contributed by atoms with van der Waals surface area (Å²) >= 11 is 0. The van der Waals surface area contributed by atoms with Crippen molar-refractivity contribution in [2.24, 2.45) is 5.92 Å². The fourth-order valence-electron chi connectivity index (χ4n) is 3.24. The maximum atomic E-state index is 12.3. The van der Waals surface area contributed by atoms with Gasteiger partial charge in [0.05, 0.1) is 5.56 Å². The summed E-state index contributed by atoms with van der Waals surface area (Å²) in [5.41, 5.74) is 3.67. The largest absolute Gasteiger partial charge is 0.478 e. The molecule has 0 aliphatic heterocycles. The molecule has 0 aromatic heterocycles. The molecule has 1 amide bonds. The molecule has 124 valence electrons. The summed E-state index contributed by atoms with van der Waals surface area (Å²) in [6.07, 6.45) is 1.50. The van der Waals surface area contributed by atoms with Crippen molar-refractivity contribution in [3.8, 4) is 0 Å². The molecule has 0 saturated heterocycles. The van der Waals surface area contributed by atoms with E-state index in [2.05, 4.69) is 17.4 Å². The molecule has 1 saturated carbocycles. The second-order valence-electron chi connectivity index (χ2n) is 6.55. The Labute approximate surface area is 141 Å². The monoisotopic (exact) mass is 323 g/mol. The van der Waals surface area contributed by atoms with Gasteiger partial charge in [0, 0.05) is 12.1 Å². The van der Waals surface area contributed by atoms with Crippen molar-refractivity contribution < 1.29 is 14.7 Å². The summed E-state index contributed by atoms with van der Waals surface area (Å²) in [4.78, 5) is 23.5. The zero-order valence-corrected chi connectivity index (χ0v) is 13.9. The van der Waals surface area contributed by atoms with Crippen LogP contribution in [-0.4, -0.2) is 17.0 Å². The molecule has 4 heteroatoms. The second kappa shape index (κ2) is 6.48. The van der Waals surface area contributed by atoms with Gasteiger partial charge in [-0.25, -0.2) is 4.79 Å². The highest BCUT2D eigenvalue weighted by Crippen LogP contribution is 2.49. The van der Waals surface area contributed by atoms with Crippen molar-refractivity contribution in [2.75, 3.05) is 5.32 Å². The van der Waals surface area contributed by atoms with Crippen LogP contribution in [0.5, 0.6) is 0 Å². The Morgan fingerprint density at radius 3 is 2.50 bits per heavy atom. The van der Waals surface area contributed by atoms with Crippen LogP contribution in [0.15, 0.2) is 42.5 Å². The second-order valence-corrected chi connectivity index (χ2v) is 6.55. The van der Waals surface area contributed by atoms with E-state index in [1.807, 2.05) is 25.1 Å². The third-order valence-electron chi connectivity index (χ3n) is 4.67. The molecular weight excluding hydrogens is 302 g/mol. The molecule has 1 aliphatic carbocycles. The zero-order valence-electron chi connectivity index (χ0n) is 13.9. The summed E-state index contributed by atoms with van der Waals surface area (Å²) in [5.74, 6) is -0.196. The van der Waals surface area contributed by atoms with Crippen molar-refractivity contribution >= 4 is 17.6 Å². The van der Waals surface area contributed by atoms with Gasteiger partial charge in [-0.2, -0.15) is 0 Å². The quantitative estimate of drug-likeness (QED) is 0.869. The number of carbonyl (C=O) groups is 2. The molecule has 2 aromatic rings. The lowest BCUT2D eigenvalue weighted by molar-refractivity contribution is -0.116. The minimum Gasteiger partial charge on any atom is -0.478 e. The number of carboxylic acid groups (broad SMARTS) is 1. The maximum Gasteiger partial charge on any atom is 0.336 e. The van der Waals surface area contributed by atoms with E-state index >= 15 is 0 Å². The highest BCUT2D eigenvalue weighted by molar-refractivity contribution is 5.95. The lowest BCUT2D eigenvalue weighted by Crippen LogP contribution is -2.14. The maximum absolute atomic E-state index is 12.3. The van der Waals surface area contributed by atoms with Gasteiger partial charge in [-0.1, -0.05) is 36.4 Å². The number of hydrogen-bond donors (Lipinski definition) is 2. The van der Waals surface area contributed by atoms with Gasteiger partial charge in [0.1, 0.15) is 0 Å². The Hall–Kier alpha value is -2.62. The van der Waals surface area contributed by atoms with Gasteiger partial charge < -0.3 is 10.4 Å². The van der Waals surface area contributed by atoms with Gasteiger partial charge in [-0.3, -0.25) is 4.79 Å². The van der Waals surface area contributed by atoms with Gasteiger partial charge in [-0.15, -0.1) is 0 Å². The number of nitrogens with one attached hydrogen (secondary N) is 1. The van der Waals surface area contributed by atoms with Crippen LogP contribution in [-0.2, 0) is 4.79 Å². The Morgan fingerprint density at radius 2 is 1.83 bits per heavy atom. The lowest BCUT2D eigenvalue weighted by Gasteiger charge is -2.11. The predicted octanol–water partition coefficient (Wildman–Crippen LogP) is 4.13. The number of hydrogen-bond acceptors (Lipinski definition) is 2. The third-order valence-corrected chi connectivity index (χ3v) is 4.67. The fourth-order valence-corrected chi connectivity index (χ4v) is 3.24. The van der Waals surface area contributed by atoms with Crippen LogP contribution in [0.3, 0.4) is 0 Å². The first-order valence-corrected chi connectivity index (χ1v) is 8.15. The molecule has 3 rings (SSSR count). The molecule has 0 bridgehead atoms. The molecule has 4 nitrogen and oxygen atoms in total. The zero-order chi connectivity index (χ0) is 17.3. The van der Waals surface area contributed by atoms with Crippen LogP contribution in [0.25, 0.3) is 0 Å². The topological polar surface area (TPSA) is 66.4 Å². The SMILES string of the molecule is Cc1cc(C)c(C(=O)O)cc1NC(=O)C[C@@H]1C[C@H]1c1ccccc1. The number of anilines is 1. The Bertz CT molecular complexity index is 783. The first kappa shape index (κ1) is 16.2. The number of amides is 1. The van der Waals surface area contributed by atoms with E-state index in [4.69, 9.17) is 0 Å². The first-order chi connectivity index (χ1) is 11.5. The number of rotatable bonds is 5. The summed E-state index contributed by atoms with van der Waals surface area (Å²) in [6.45, 7) is 3.63. The van der Waals surface area contributed by atoms with E-state index in [1.165, 1.54) is 5.56 Å². The molecule has 2 N–H and O–H groups in total. The average Bonchev–Trinajstić information content (AvgIpc) is 3.29. The Morgan fingerprint density at radius 1 is 1.12 bits per heavy atom. The van der Waals surface area contributed by atoms with Crippen LogP contribution < -0.4 is 5.32 Å². The molecule has 2 aromatic carbocycles. The molecule has 0 heterocycles. The average molecular weight is 323 g/mol. The molecule has 1 aliphatic rings. The first-order valence-electron chi connectivity index (χ1n) is 8.15. The van der Waals surface area contributed by atoms with Crippen molar-refractivity contribution in [2.45, 2.75) is 32.6 Å². The van der Waals surface area contributed by atoms with Gasteiger partial charge in [0.2, 0.25) is 5.91 Å². The summed E-state index contributed by atoms with van der Waals surface area (Å²) in [6, 6.07) is 13.6. The molecule has 2 atom stereocenters. The van der Waals surface area contributed by atoms with Crippen molar-refractivity contribution in [1.82, 2.24) is 0 Å². The minimum absolute atomic E-state index is 0.0540.